The summed E-state index contributed by atoms with van der Waals surface area (Å²) in [5.41, 5.74) is 3.26. The summed E-state index contributed by atoms with van der Waals surface area (Å²) in [7, 11) is 0. The number of nitriles is 1. The zero-order valence-electron chi connectivity index (χ0n) is 17.3. The quantitative estimate of drug-likeness (QED) is 0.654. The Kier molecular flexibility index (Phi) is 6.10. The van der Waals surface area contributed by atoms with E-state index in [0.717, 1.165) is 37.7 Å². The van der Waals surface area contributed by atoms with Crippen LogP contribution in [-0.4, -0.2) is 39.4 Å². The molecule has 4 rings (SSSR count). The Bertz CT molecular complexity index is 1050. The van der Waals surface area contributed by atoms with Crippen molar-refractivity contribution in [3.8, 4) is 6.07 Å². The van der Waals surface area contributed by atoms with Gasteiger partial charge in [-0.2, -0.15) is 5.26 Å². The predicted octanol–water partition coefficient (Wildman–Crippen LogP) is 4.00. The zero-order chi connectivity index (χ0) is 20.9. The molecule has 0 spiro atoms. The highest BCUT2D eigenvalue weighted by atomic mass is 16.2. The van der Waals surface area contributed by atoms with Crippen LogP contribution in [0.4, 0.5) is 0 Å². The van der Waals surface area contributed by atoms with Crippen LogP contribution in [0.2, 0.25) is 0 Å². The molecular weight excluding hydrogens is 374 g/mol. The molecule has 0 saturated heterocycles. The van der Waals surface area contributed by atoms with Crippen LogP contribution >= 0.6 is 0 Å². The number of imidazole rings is 1. The predicted molar refractivity (Wildman–Crippen MR) is 117 cm³/mol. The molecule has 30 heavy (non-hydrogen) atoms. The minimum atomic E-state index is -0.0686. The normalized spacial score (nSPS) is 18.8. The minimum absolute atomic E-state index is 0.0686. The van der Waals surface area contributed by atoms with Crippen LogP contribution in [0.3, 0.4) is 0 Å². The molecule has 2 atom stereocenters. The maximum atomic E-state index is 13.2. The summed E-state index contributed by atoms with van der Waals surface area (Å²) in [5.74, 6) is 0.280. The first-order valence-electron chi connectivity index (χ1n) is 10.7. The monoisotopic (exact) mass is 401 g/mol. The van der Waals surface area contributed by atoms with Gasteiger partial charge in [-0.05, 0) is 56.4 Å². The van der Waals surface area contributed by atoms with E-state index in [1.54, 1.807) is 18.2 Å². The van der Waals surface area contributed by atoms with Crippen molar-refractivity contribution in [2.45, 2.75) is 51.2 Å². The Morgan fingerprint density at radius 2 is 2.10 bits per heavy atom. The van der Waals surface area contributed by atoms with Gasteiger partial charge < -0.3 is 15.2 Å². The van der Waals surface area contributed by atoms with E-state index in [9.17, 15) is 4.79 Å². The molecule has 0 aliphatic heterocycles. The fourth-order valence-corrected chi connectivity index (χ4v) is 4.37. The van der Waals surface area contributed by atoms with E-state index in [1.807, 2.05) is 17.9 Å². The first-order chi connectivity index (χ1) is 14.7. The Hall–Kier alpha value is -3.17. The molecule has 1 fully saturated rings. The van der Waals surface area contributed by atoms with Crippen molar-refractivity contribution >= 4 is 16.9 Å². The standard InChI is InChI=1S/C24H27N5O/c1-2-29(24(30)23-27-21-12-11-18(15-25)13-22(21)28-23)20-10-6-9-19(14-20)26-16-17-7-4-3-5-8-17/h3-5,7-8,11-13,19-20,26H,2,6,9-10,14,16H2,1H3,(H,27,28). The number of aromatic nitrogens is 2. The van der Waals surface area contributed by atoms with Crippen molar-refractivity contribution in [2.75, 3.05) is 6.54 Å². The van der Waals surface area contributed by atoms with Gasteiger partial charge in [-0.15, -0.1) is 0 Å². The molecule has 0 bridgehead atoms. The van der Waals surface area contributed by atoms with Crippen molar-refractivity contribution in [1.29, 1.82) is 5.26 Å². The molecule has 154 valence electrons. The van der Waals surface area contributed by atoms with Gasteiger partial charge in [0.25, 0.3) is 5.91 Å². The summed E-state index contributed by atoms with van der Waals surface area (Å²) >= 11 is 0. The molecule has 1 heterocycles. The van der Waals surface area contributed by atoms with Gasteiger partial charge in [0.15, 0.2) is 5.82 Å². The Morgan fingerprint density at radius 1 is 1.27 bits per heavy atom. The smallest absolute Gasteiger partial charge is 0.289 e. The maximum Gasteiger partial charge on any atom is 0.289 e. The molecule has 1 aromatic heterocycles. The van der Waals surface area contributed by atoms with Crippen LogP contribution in [0.1, 0.15) is 54.4 Å². The second-order valence-electron chi connectivity index (χ2n) is 7.90. The lowest BCUT2D eigenvalue weighted by atomic mass is 9.89. The van der Waals surface area contributed by atoms with E-state index in [1.165, 1.54) is 5.56 Å². The number of hydrogen-bond donors (Lipinski definition) is 2. The number of fused-ring (bicyclic) bond motifs is 1. The van der Waals surface area contributed by atoms with Crippen LogP contribution in [0.5, 0.6) is 0 Å². The number of nitrogens with one attached hydrogen (secondary N) is 2. The van der Waals surface area contributed by atoms with Crippen molar-refractivity contribution in [2.24, 2.45) is 0 Å². The summed E-state index contributed by atoms with van der Waals surface area (Å²) in [6.45, 7) is 3.52. The number of aromatic amines is 1. The van der Waals surface area contributed by atoms with E-state index < -0.39 is 0 Å². The van der Waals surface area contributed by atoms with Crippen molar-refractivity contribution in [3.63, 3.8) is 0 Å². The first kappa shape index (κ1) is 20.1. The van der Waals surface area contributed by atoms with Gasteiger partial charge in [-0.3, -0.25) is 4.79 Å². The first-order valence-corrected chi connectivity index (χ1v) is 10.7. The summed E-state index contributed by atoms with van der Waals surface area (Å²) < 4.78 is 0. The van der Waals surface area contributed by atoms with E-state index in [4.69, 9.17) is 5.26 Å². The Labute approximate surface area is 176 Å². The molecule has 1 amide bonds. The lowest BCUT2D eigenvalue weighted by Crippen LogP contribution is -2.47. The van der Waals surface area contributed by atoms with Crippen molar-refractivity contribution < 1.29 is 4.79 Å². The molecule has 2 N–H and O–H groups in total. The molecule has 1 aliphatic rings. The highest BCUT2D eigenvalue weighted by Crippen LogP contribution is 2.25. The summed E-state index contributed by atoms with van der Waals surface area (Å²) in [4.78, 5) is 22.8. The lowest BCUT2D eigenvalue weighted by molar-refractivity contribution is 0.0617. The SMILES string of the molecule is CCN(C(=O)c1nc2ccc(C#N)cc2[nH]1)C1CCCC(NCc2ccccc2)C1. The summed E-state index contributed by atoms with van der Waals surface area (Å²) in [6.07, 6.45) is 4.20. The number of carbonyl (C=O) groups is 1. The van der Waals surface area contributed by atoms with E-state index in [-0.39, 0.29) is 11.9 Å². The number of nitrogens with zero attached hydrogens (tertiary/aromatic N) is 3. The molecule has 1 saturated carbocycles. The van der Waals surface area contributed by atoms with Gasteiger partial charge in [0.2, 0.25) is 0 Å². The van der Waals surface area contributed by atoms with Crippen molar-refractivity contribution in [1.82, 2.24) is 20.2 Å². The fourth-order valence-electron chi connectivity index (χ4n) is 4.37. The van der Waals surface area contributed by atoms with E-state index >= 15 is 0 Å². The summed E-state index contributed by atoms with van der Waals surface area (Å²) in [5, 5.41) is 12.8. The second-order valence-corrected chi connectivity index (χ2v) is 7.90. The third-order valence-corrected chi connectivity index (χ3v) is 5.94. The molecule has 0 radical (unpaired) electrons. The largest absolute Gasteiger partial charge is 0.334 e. The Morgan fingerprint density at radius 3 is 2.87 bits per heavy atom. The highest BCUT2D eigenvalue weighted by molar-refractivity contribution is 5.94. The molecule has 1 aliphatic carbocycles. The zero-order valence-corrected chi connectivity index (χ0v) is 17.3. The van der Waals surface area contributed by atoms with Gasteiger partial charge in [-0.1, -0.05) is 30.3 Å². The van der Waals surface area contributed by atoms with Gasteiger partial charge >= 0.3 is 0 Å². The number of rotatable bonds is 6. The molecule has 2 unspecified atom stereocenters. The van der Waals surface area contributed by atoms with Gasteiger partial charge in [0.1, 0.15) is 0 Å². The number of H-pyrrole nitrogens is 1. The van der Waals surface area contributed by atoms with Gasteiger partial charge in [0.05, 0.1) is 22.7 Å². The number of carbonyl (C=O) groups excluding carboxylic acids is 1. The minimum Gasteiger partial charge on any atom is -0.334 e. The van der Waals surface area contributed by atoms with Crippen LogP contribution in [0.15, 0.2) is 48.5 Å². The van der Waals surface area contributed by atoms with E-state index in [0.29, 0.717) is 29.5 Å². The molecule has 3 aromatic rings. The number of hydrogen-bond acceptors (Lipinski definition) is 4. The topological polar surface area (TPSA) is 84.8 Å². The van der Waals surface area contributed by atoms with E-state index in [2.05, 4.69) is 45.6 Å². The maximum absolute atomic E-state index is 13.2. The molecule has 2 aromatic carbocycles. The van der Waals surface area contributed by atoms with Crippen LogP contribution in [0, 0.1) is 11.3 Å². The van der Waals surface area contributed by atoms with Gasteiger partial charge in [-0.25, -0.2) is 4.98 Å². The fraction of sp³-hybridized carbons (Fsp3) is 0.375. The van der Waals surface area contributed by atoms with Crippen LogP contribution in [-0.2, 0) is 6.54 Å². The molecule has 6 nitrogen and oxygen atoms in total. The number of benzene rings is 2. The van der Waals surface area contributed by atoms with Crippen LogP contribution in [0.25, 0.3) is 11.0 Å². The average molecular weight is 402 g/mol. The van der Waals surface area contributed by atoms with Gasteiger partial charge in [0, 0.05) is 25.2 Å². The average Bonchev–Trinajstić information content (AvgIpc) is 3.22. The summed E-state index contributed by atoms with van der Waals surface area (Å²) in [6, 6.07) is 18.4. The Balaban J connectivity index is 1.44. The van der Waals surface area contributed by atoms with Crippen LogP contribution < -0.4 is 5.32 Å². The molecular formula is C24H27N5O. The highest BCUT2D eigenvalue weighted by Gasteiger charge is 2.30. The second kappa shape index (κ2) is 9.10. The third-order valence-electron chi connectivity index (χ3n) is 5.94. The molecule has 6 heteroatoms. The number of amides is 1. The van der Waals surface area contributed by atoms with Crippen molar-refractivity contribution in [3.05, 3.63) is 65.5 Å². The lowest BCUT2D eigenvalue weighted by Gasteiger charge is -2.37. The third kappa shape index (κ3) is 4.37.